The summed E-state index contributed by atoms with van der Waals surface area (Å²) in [6.45, 7) is 4.22. The quantitative estimate of drug-likeness (QED) is 0.678. The Bertz CT molecular complexity index is 493. The maximum absolute atomic E-state index is 12.0. The van der Waals surface area contributed by atoms with Gasteiger partial charge in [0.05, 0.1) is 4.90 Å². The van der Waals surface area contributed by atoms with Gasteiger partial charge >= 0.3 is 0 Å². The van der Waals surface area contributed by atoms with Gasteiger partial charge in [0.25, 0.3) is 0 Å². The SMILES string of the molecule is C=C[C@H]1CN(C)S(=O)(=O)c2ccccc21. The van der Waals surface area contributed by atoms with E-state index in [0.717, 1.165) is 5.56 Å². The number of fused-ring (bicyclic) bond motifs is 1. The number of sulfonamides is 1. The second-order valence-electron chi connectivity index (χ2n) is 3.67. The van der Waals surface area contributed by atoms with Crippen LogP contribution >= 0.6 is 0 Å². The Balaban J connectivity index is 2.69. The number of nitrogens with zero attached hydrogens (tertiary/aromatic N) is 1. The highest BCUT2D eigenvalue weighted by molar-refractivity contribution is 7.89. The first-order chi connectivity index (χ1) is 7.07. The fraction of sp³-hybridized carbons (Fsp3) is 0.273. The smallest absolute Gasteiger partial charge is 0.207 e. The summed E-state index contributed by atoms with van der Waals surface area (Å²) in [6, 6.07) is 7.11. The lowest BCUT2D eigenvalue weighted by molar-refractivity contribution is 0.440. The minimum Gasteiger partial charge on any atom is -0.207 e. The van der Waals surface area contributed by atoms with Gasteiger partial charge < -0.3 is 0 Å². The molecule has 0 fully saturated rings. The number of rotatable bonds is 1. The van der Waals surface area contributed by atoms with Gasteiger partial charge in [-0.2, -0.15) is 4.31 Å². The molecule has 0 N–H and O–H groups in total. The van der Waals surface area contributed by atoms with Crippen molar-refractivity contribution in [2.45, 2.75) is 10.8 Å². The van der Waals surface area contributed by atoms with Crippen LogP contribution in [0.15, 0.2) is 41.8 Å². The molecule has 0 saturated heterocycles. The molecule has 1 aromatic rings. The van der Waals surface area contributed by atoms with E-state index in [-0.39, 0.29) is 5.92 Å². The average Bonchev–Trinajstić information content (AvgIpc) is 2.24. The largest absolute Gasteiger partial charge is 0.243 e. The van der Waals surface area contributed by atoms with Crippen LogP contribution in [0, 0.1) is 0 Å². The van der Waals surface area contributed by atoms with Gasteiger partial charge in [0.2, 0.25) is 10.0 Å². The van der Waals surface area contributed by atoms with Crippen LogP contribution in [-0.4, -0.2) is 26.3 Å². The molecular formula is C11H13NO2S. The molecule has 0 unspecified atom stereocenters. The predicted octanol–water partition coefficient (Wildman–Crippen LogP) is 1.59. The van der Waals surface area contributed by atoms with Crippen LogP contribution in [0.3, 0.4) is 0 Å². The van der Waals surface area contributed by atoms with E-state index in [9.17, 15) is 8.42 Å². The van der Waals surface area contributed by atoms with E-state index in [1.54, 1.807) is 25.3 Å². The maximum atomic E-state index is 12.0. The Morgan fingerprint density at radius 3 is 2.80 bits per heavy atom. The molecule has 0 saturated carbocycles. The third-order valence-corrected chi connectivity index (χ3v) is 4.64. The maximum Gasteiger partial charge on any atom is 0.243 e. The molecule has 1 aliphatic heterocycles. The Labute approximate surface area is 90.1 Å². The molecule has 1 aliphatic rings. The van der Waals surface area contributed by atoms with Crippen LogP contribution in [0.4, 0.5) is 0 Å². The molecule has 80 valence electrons. The van der Waals surface area contributed by atoms with Crippen LogP contribution in [0.2, 0.25) is 0 Å². The van der Waals surface area contributed by atoms with Gasteiger partial charge in [-0.15, -0.1) is 6.58 Å². The number of likely N-dealkylation sites (N-methyl/N-ethyl adjacent to an activating group) is 1. The summed E-state index contributed by atoms with van der Waals surface area (Å²) >= 11 is 0. The first-order valence-electron chi connectivity index (χ1n) is 4.75. The highest BCUT2D eigenvalue weighted by atomic mass is 32.2. The topological polar surface area (TPSA) is 37.4 Å². The molecule has 0 aromatic heterocycles. The molecule has 0 bridgehead atoms. The first kappa shape index (κ1) is 10.4. The second-order valence-corrected chi connectivity index (χ2v) is 5.68. The predicted molar refractivity (Wildman–Crippen MR) is 59.2 cm³/mol. The lowest BCUT2D eigenvalue weighted by Gasteiger charge is -2.29. The van der Waals surface area contributed by atoms with Crippen molar-refractivity contribution in [1.29, 1.82) is 0 Å². The minimum atomic E-state index is -3.28. The molecule has 1 heterocycles. The van der Waals surface area contributed by atoms with Gasteiger partial charge in [0, 0.05) is 19.5 Å². The Kier molecular flexibility index (Phi) is 2.40. The number of hydrogen-bond acceptors (Lipinski definition) is 2. The van der Waals surface area contributed by atoms with Crippen LogP contribution in [0.5, 0.6) is 0 Å². The van der Waals surface area contributed by atoms with E-state index in [1.165, 1.54) is 4.31 Å². The van der Waals surface area contributed by atoms with Gasteiger partial charge in [-0.1, -0.05) is 24.3 Å². The van der Waals surface area contributed by atoms with Crippen molar-refractivity contribution in [2.75, 3.05) is 13.6 Å². The Morgan fingerprint density at radius 2 is 2.13 bits per heavy atom. The second kappa shape index (κ2) is 3.47. The third-order valence-electron chi connectivity index (χ3n) is 2.75. The van der Waals surface area contributed by atoms with Crippen molar-refractivity contribution in [2.24, 2.45) is 0 Å². The number of benzene rings is 1. The Morgan fingerprint density at radius 1 is 1.47 bits per heavy atom. The first-order valence-corrected chi connectivity index (χ1v) is 6.19. The molecule has 0 amide bonds. The van der Waals surface area contributed by atoms with Crippen LogP contribution in [0.25, 0.3) is 0 Å². The van der Waals surface area contributed by atoms with Crippen LogP contribution in [0.1, 0.15) is 11.5 Å². The average molecular weight is 223 g/mol. The molecule has 2 rings (SSSR count). The number of hydrogen-bond donors (Lipinski definition) is 0. The molecule has 3 nitrogen and oxygen atoms in total. The third kappa shape index (κ3) is 1.50. The zero-order valence-electron chi connectivity index (χ0n) is 8.55. The molecule has 15 heavy (non-hydrogen) atoms. The molecule has 1 aromatic carbocycles. The zero-order chi connectivity index (χ0) is 11.1. The standard InChI is InChI=1S/C11H13NO2S/c1-3-9-8-12(2)15(13,14)11-7-5-4-6-10(9)11/h3-7,9H,1,8H2,2H3/t9-/m0/s1. The zero-order valence-corrected chi connectivity index (χ0v) is 9.37. The molecule has 0 radical (unpaired) electrons. The summed E-state index contributed by atoms with van der Waals surface area (Å²) in [5, 5.41) is 0. The fourth-order valence-electron chi connectivity index (χ4n) is 1.86. The molecule has 4 heteroatoms. The van der Waals surface area contributed by atoms with Gasteiger partial charge in [0.1, 0.15) is 0 Å². The summed E-state index contributed by atoms with van der Waals surface area (Å²) < 4.78 is 25.3. The van der Waals surface area contributed by atoms with E-state index in [4.69, 9.17) is 0 Å². The van der Waals surface area contributed by atoms with Gasteiger partial charge in [0.15, 0.2) is 0 Å². The summed E-state index contributed by atoms with van der Waals surface area (Å²) in [7, 11) is -1.68. The van der Waals surface area contributed by atoms with Crippen molar-refractivity contribution < 1.29 is 8.42 Å². The monoisotopic (exact) mass is 223 g/mol. The lowest BCUT2D eigenvalue weighted by atomic mass is 9.99. The minimum absolute atomic E-state index is 0.0923. The van der Waals surface area contributed by atoms with Crippen molar-refractivity contribution in [3.8, 4) is 0 Å². The summed E-state index contributed by atoms with van der Waals surface area (Å²) in [4.78, 5) is 0.406. The van der Waals surface area contributed by atoms with Gasteiger partial charge in [-0.05, 0) is 11.6 Å². The summed E-state index contributed by atoms with van der Waals surface area (Å²) in [5.74, 6) is 0.0923. The van der Waals surface area contributed by atoms with Crippen LogP contribution in [-0.2, 0) is 10.0 Å². The molecule has 1 atom stereocenters. The Hall–Kier alpha value is -1.13. The molecular weight excluding hydrogens is 210 g/mol. The van der Waals surface area contributed by atoms with Crippen molar-refractivity contribution >= 4 is 10.0 Å². The van der Waals surface area contributed by atoms with E-state index in [0.29, 0.717) is 11.4 Å². The van der Waals surface area contributed by atoms with Crippen LogP contribution < -0.4 is 0 Å². The van der Waals surface area contributed by atoms with Crippen molar-refractivity contribution in [3.63, 3.8) is 0 Å². The van der Waals surface area contributed by atoms with E-state index >= 15 is 0 Å². The highest BCUT2D eigenvalue weighted by Crippen LogP contribution is 2.32. The molecule has 0 aliphatic carbocycles. The normalized spacial score (nSPS) is 24.5. The van der Waals surface area contributed by atoms with Crippen molar-refractivity contribution in [3.05, 3.63) is 42.5 Å². The van der Waals surface area contributed by atoms with Gasteiger partial charge in [-0.3, -0.25) is 0 Å². The molecule has 0 spiro atoms. The lowest BCUT2D eigenvalue weighted by Crippen LogP contribution is -2.36. The van der Waals surface area contributed by atoms with Gasteiger partial charge in [-0.25, -0.2) is 8.42 Å². The van der Waals surface area contributed by atoms with E-state index in [2.05, 4.69) is 6.58 Å². The van der Waals surface area contributed by atoms with E-state index in [1.807, 2.05) is 12.1 Å². The fourth-order valence-corrected chi connectivity index (χ4v) is 3.33. The highest BCUT2D eigenvalue weighted by Gasteiger charge is 2.32. The summed E-state index contributed by atoms with van der Waals surface area (Å²) in [6.07, 6.45) is 1.80. The summed E-state index contributed by atoms with van der Waals surface area (Å²) in [5.41, 5.74) is 0.852. The van der Waals surface area contributed by atoms with Crippen molar-refractivity contribution in [1.82, 2.24) is 4.31 Å². The van der Waals surface area contributed by atoms with E-state index < -0.39 is 10.0 Å².